The number of hydrogen-bond acceptors (Lipinski definition) is 5. The van der Waals surface area contributed by atoms with E-state index in [-0.39, 0.29) is 6.03 Å². The third-order valence-electron chi connectivity index (χ3n) is 6.15. The molecule has 7 heteroatoms. The van der Waals surface area contributed by atoms with Crippen LogP contribution in [0.25, 0.3) is 0 Å². The summed E-state index contributed by atoms with van der Waals surface area (Å²) in [5, 5.41) is 14.4. The van der Waals surface area contributed by atoms with Crippen molar-refractivity contribution in [2.75, 3.05) is 31.1 Å². The van der Waals surface area contributed by atoms with Crippen molar-refractivity contribution in [2.45, 2.75) is 76.2 Å². The maximum absolute atomic E-state index is 12.5. The second-order valence-electron chi connectivity index (χ2n) is 8.02. The van der Waals surface area contributed by atoms with Gasteiger partial charge in [-0.2, -0.15) is 0 Å². The zero-order valence-corrected chi connectivity index (χ0v) is 16.5. The normalized spacial score (nSPS) is 23.2. The van der Waals surface area contributed by atoms with E-state index in [9.17, 15) is 4.79 Å². The van der Waals surface area contributed by atoms with Gasteiger partial charge in [-0.15, -0.1) is 10.2 Å². The number of nitrogens with one attached hydrogen (secondary N) is 1. The van der Waals surface area contributed by atoms with E-state index in [0.717, 1.165) is 44.2 Å². The molecule has 26 heavy (non-hydrogen) atoms. The molecule has 2 heterocycles. The maximum Gasteiger partial charge on any atom is 0.317 e. The zero-order valence-electron chi connectivity index (χ0n) is 15.7. The molecule has 144 valence electrons. The fraction of sp³-hybridized carbons (Fsp3) is 0.842. The van der Waals surface area contributed by atoms with Crippen LogP contribution in [0.4, 0.5) is 9.93 Å². The van der Waals surface area contributed by atoms with Crippen molar-refractivity contribution in [3.63, 3.8) is 0 Å². The van der Waals surface area contributed by atoms with Crippen LogP contribution in [0.1, 0.15) is 75.1 Å². The Morgan fingerprint density at radius 2 is 1.54 bits per heavy atom. The quantitative estimate of drug-likeness (QED) is 0.871. The van der Waals surface area contributed by atoms with Crippen molar-refractivity contribution in [1.29, 1.82) is 0 Å². The monoisotopic (exact) mass is 377 g/mol. The first-order valence-electron chi connectivity index (χ1n) is 10.4. The van der Waals surface area contributed by atoms with Gasteiger partial charge in [0.15, 0.2) is 0 Å². The average molecular weight is 378 g/mol. The van der Waals surface area contributed by atoms with Gasteiger partial charge in [-0.3, -0.25) is 0 Å². The summed E-state index contributed by atoms with van der Waals surface area (Å²) in [6.45, 7) is 3.27. The smallest absolute Gasteiger partial charge is 0.317 e. The largest absolute Gasteiger partial charge is 0.343 e. The summed E-state index contributed by atoms with van der Waals surface area (Å²) in [6, 6.07) is 0.507. The molecule has 2 aliphatic carbocycles. The third-order valence-corrected chi connectivity index (χ3v) is 7.30. The SMILES string of the molecule is O=C(NC1CCCCC1)N1CCN(c2nnc(C3CCCCC3)s2)CC1. The highest BCUT2D eigenvalue weighted by atomic mass is 32.1. The van der Waals surface area contributed by atoms with E-state index in [0.29, 0.717) is 12.0 Å². The van der Waals surface area contributed by atoms with Gasteiger partial charge in [0, 0.05) is 38.1 Å². The van der Waals surface area contributed by atoms with Gasteiger partial charge in [-0.1, -0.05) is 49.9 Å². The Morgan fingerprint density at radius 3 is 2.23 bits per heavy atom. The molecule has 1 aromatic heterocycles. The van der Waals surface area contributed by atoms with Gasteiger partial charge < -0.3 is 15.1 Å². The molecule has 6 nitrogen and oxygen atoms in total. The number of carbonyl (C=O) groups excluding carboxylic acids is 1. The predicted molar refractivity (Wildman–Crippen MR) is 105 cm³/mol. The second kappa shape index (κ2) is 8.55. The molecule has 4 rings (SSSR count). The highest BCUT2D eigenvalue weighted by Crippen LogP contribution is 2.36. The molecule has 3 fully saturated rings. The van der Waals surface area contributed by atoms with Crippen molar-refractivity contribution in [1.82, 2.24) is 20.4 Å². The number of hydrogen-bond donors (Lipinski definition) is 1. The van der Waals surface area contributed by atoms with E-state index >= 15 is 0 Å². The minimum Gasteiger partial charge on any atom is -0.343 e. The highest BCUT2D eigenvalue weighted by Gasteiger charge is 2.26. The number of aromatic nitrogens is 2. The Hall–Kier alpha value is -1.37. The van der Waals surface area contributed by atoms with Crippen LogP contribution >= 0.6 is 11.3 Å². The minimum atomic E-state index is 0.122. The van der Waals surface area contributed by atoms with Crippen LogP contribution in [-0.4, -0.2) is 53.3 Å². The summed E-state index contributed by atoms with van der Waals surface area (Å²) in [6.07, 6.45) is 12.7. The Labute approximate surface area is 160 Å². The molecule has 1 aromatic rings. The fourth-order valence-corrected chi connectivity index (χ4v) is 5.55. The number of amides is 2. The van der Waals surface area contributed by atoms with E-state index in [2.05, 4.69) is 20.4 Å². The van der Waals surface area contributed by atoms with Crippen molar-refractivity contribution in [3.05, 3.63) is 5.01 Å². The van der Waals surface area contributed by atoms with Gasteiger partial charge in [0.2, 0.25) is 5.13 Å². The fourth-order valence-electron chi connectivity index (χ4n) is 4.48. The summed E-state index contributed by atoms with van der Waals surface area (Å²) in [5.41, 5.74) is 0. The number of anilines is 1. The van der Waals surface area contributed by atoms with Crippen LogP contribution in [-0.2, 0) is 0 Å². The van der Waals surface area contributed by atoms with Gasteiger partial charge in [0.05, 0.1) is 0 Å². The standard InChI is InChI=1S/C19H31N5OS/c25-18(20-16-9-5-2-6-10-16)23-11-13-24(14-12-23)19-22-21-17(26-19)15-7-3-1-4-8-15/h15-16H,1-14H2,(H,20,25). The number of piperazine rings is 1. The van der Waals surface area contributed by atoms with Crippen LogP contribution in [0.5, 0.6) is 0 Å². The lowest BCUT2D eigenvalue weighted by atomic mass is 9.90. The van der Waals surface area contributed by atoms with Gasteiger partial charge in [0.1, 0.15) is 5.01 Å². The minimum absolute atomic E-state index is 0.122. The summed E-state index contributed by atoms with van der Waals surface area (Å²) in [7, 11) is 0. The van der Waals surface area contributed by atoms with Gasteiger partial charge in [-0.25, -0.2) is 4.79 Å². The van der Waals surface area contributed by atoms with Crippen molar-refractivity contribution in [3.8, 4) is 0 Å². The molecule has 1 saturated heterocycles. The molecule has 0 radical (unpaired) electrons. The van der Waals surface area contributed by atoms with Gasteiger partial charge >= 0.3 is 6.03 Å². The van der Waals surface area contributed by atoms with E-state index in [1.165, 1.54) is 56.4 Å². The van der Waals surface area contributed by atoms with E-state index in [1.54, 1.807) is 11.3 Å². The van der Waals surface area contributed by atoms with E-state index in [1.807, 2.05) is 4.90 Å². The maximum atomic E-state index is 12.5. The molecule has 2 amide bonds. The lowest BCUT2D eigenvalue weighted by Crippen LogP contribution is -2.53. The summed E-state index contributed by atoms with van der Waals surface area (Å²) in [5.74, 6) is 0.623. The summed E-state index contributed by atoms with van der Waals surface area (Å²) < 4.78 is 0. The molecule has 3 aliphatic rings. The molecule has 0 unspecified atom stereocenters. The van der Waals surface area contributed by atoms with Crippen LogP contribution in [0.3, 0.4) is 0 Å². The van der Waals surface area contributed by atoms with Crippen LogP contribution in [0, 0.1) is 0 Å². The van der Waals surface area contributed by atoms with Crippen molar-refractivity contribution in [2.24, 2.45) is 0 Å². The van der Waals surface area contributed by atoms with Gasteiger partial charge in [-0.05, 0) is 25.7 Å². The Morgan fingerprint density at radius 1 is 0.885 bits per heavy atom. The lowest BCUT2D eigenvalue weighted by Gasteiger charge is -2.35. The molecular weight excluding hydrogens is 346 g/mol. The number of nitrogens with zero attached hydrogens (tertiary/aromatic N) is 4. The molecule has 0 aromatic carbocycles. The predicted octanol–water partition coefficient (Wildman–Crippen LogP) is 3.75. The first kappa shape index (κ1) is 18.0. The van der Waals surface area contributed by atoms with Crippen molar-refractivity contribution < 1.29 is 4.79 Å². The average Bonchev–Trinajstić information content (AvgIpc) is 3.20. The third kappa shape index (κ3) is 4.30. The Balaban J connectivity index is 1.26. The zero-order chi connectivity index (χ0) is 17.8. The Bertz CT molecular complexity index is 587. The highest BCUT2D eigenvalue weighted by molar-refractivity contribution is 7.15. The van der Waals surface area contributed by atoms with Crippen LogP contribution in [0.2, 0.25) is 0 Å². The first-order chi connectivity index (χ1) is 12.8. The van der Waals surface area contributed by atoms with Crippen LogP contribution < -0.4 is 10.2 Å². The van der Waals surface area contributed by atoms with E-state index in [4.69, 9.17) is 0 Å². The molecule has 1 N–H and O–H groups in total. The lowest BCUT2D eigenvalue weighted by molar-refractivity contribution is 0.186. The molecule has 1 aliphatic heterocycles. The summed E-state index contributed by atoms with van der Waals surface area (Å²) in [4.78, 5) is 16.8. The molecular formula is C19H31N5OS. The van der Waals surface area contributed by atoms with E-state index < -0.39 is 0 Å². The van der Waals surface area contributed by atoms with Crippen molar-refractivity contribution >= 4 is 22.5 Å². The number of rotatable bonds is 3. The summed E-state index contributed by atoms with van der Waals surface area (Å²) >= 11 is 1.77. The van der Waals surface area contributed by atoms with Gasteiger partial charge in [0.25, 0.3) is 0 Å². The number of urea groups is 1. The van der Waals surface area contributed by atoms with Crippen LogP contribution in [0.15, 0.2) is 0 Å². The molecule has 0 atom stereocenters. The topological polar surface area (TPSA) is 61.4 Å². The Kier molecular flexibility index (Phi) is 5.92. The molecule has 2 saturated carbocycles. The molecule has 0 bridgehead atoms. The first-order valence-corrected chi connectivity index (χ1v) is 11.2. The second-order valence-corrected chi connectivity index (χ2v) is 9.00. The number of carbonyl (C=O) groups is 1. The molecule has 0 spiro atoms.